The van der Waals surface area contributed by atoms with Crippen LogP contribution in [0.4, 0.5) is 5.69 Å². The van der Waals surface area contributed by atoms with E-state index < -0.39 is 4.92 Å². The van der Waals surface area contributed by atoms with Crippen LogP contribution < -0.4 is 0 Å². The van der Waals surface area contributed by atoms with Crippen LogP contribution in [0, 0.1) is 10.1 Å². The second kappa shape index (κ2) is 3.63. The number of nitro groups is 1. The van der Waals surface area contributed by atoms with E-state index in [9.17, 15) is 10.1 Å². The molecule has 0 amide bonds. The minimum absolute atomic E-state index is 0.0678. The Labute approximate surface area is 99.3 Å². The molecule has 1 aromatic carbocycles. The van der Waals surface area contributed by atoms with Crippen molar-refractivity contribution in [3.63, 3.8) is 0 Å². The van der Waals surface area contributed by atoms with Crippen LogP contribution in [-0.4, -0.2) is 19.3 Å². The summed E-state index contributed by atoms with van der Waals surface area (Å²) in [7, 11) is 0. The molecule has 1 N–H and O–H groups in total. The van der Waals surface area contributed by atoms with Crippen LogP contribution >= 0.6 is 11.5 Å². The van der Waals surface area contributed by atoms with Crippen LogP contribution in [0.5, 0.6) is 0 Å². The highest BCUT2D eigenvalue weighted by Crippen LogP contribution is 2.29. The Morgan fingerprint density at radius 3 is 3.00 bits per heavy atom. The quantitative estimate of drug-likeness (QED) is 0.556. The number of fused-ring (bicyclic) bond motifs is 1. The van der Waals surface area contributed by atoms with Gasteiger partial charge in [-0.3, -0.25) is 10.1 Å². The van der Waals surface area contributed by atoms with Gasteiger partial charge in [0.2, 0.25) is 0 Å². The Balaban J connectivity index is 2.26. The van der Waals surface area contributed by atoms with E-state index in [0.717, 1.165) is 16.1 Å². The molecule has 6 nitrogen and oxygen atoms in total. The number of hydrogen-bond acceptors (Lipinski definition) is 5. The predicted molar refractivity (Wildman–Crippen MR) is 63.9 cm³/mol. The number of benzene rings is 1. The van der Waals surface area contributed by atoms with Crippen LogP contribution in [0.3, 0.4) is 0 Å². The molecule has 0 saturated carbocycles. The highest BCUT2D eigenvalue weighted by Gasteiger charge is 2.15. The molecule has 7 heteroatoms. The minimum Gasteiger partial charge on any atom is -0.347 e. The van der Waals surface area contributed by atoms with E-state index in [1.807, 2.05) is 12.1 Å². The van der Waals surface area contributed by atoms with Gasteiger partial charge in [-0.05, 0) is 17.6 Å². The summed E-state index contributed by atoms with van der Waals surface area (Å²) in [5.74, 6) is 0. The van der Waals surface area contributed by atoms with E-state index in [4.69, 9.17) is 0 Å². The number of non-ortho nitro benzene ring substituents is 1. The molecule has 0 aliphatic carbocycles. The lowest BCUT2D eigenvalue weighted by Crippen LogP contribution is -1.88. The summed E-state index contributed by atoms with van der Waals surface area (Å²) in [6.07, 6.45) is 1.46. The van der Waals surface area contributed by atoms with E-state index in [1.165, 1.54) is 23.9 Å². The molecule has 0 saturated heterocycles. The van der Waals surface area contributed by atoms with E-state index in [2.05, 4.69) is 14.3 Å². The molecule has 0 radical (unpaired) electrons. The SMILES string of the molecule is O=[N+]([O-])c1cccc2cc(-c3ncns3)[nH]c12. The number of nitrogens with zero attached hydrogens (tertiary/aromatic N) is 3. The Kier molecular flexibility index (Phi) is 2.12. The van der Waals surface area contributed by atoms with Crippen molar-refractivity contribution in [2.75, 3.05) is 0 Å². The molecule has 0 aliphatic rings. The Morgan fingerprint density at radius 1 is 1.41 bits per heavy atom. The number of H-pyrrole nitrogens is 1. The zero-order chi connectivity index (χ0) is 11.8. The Morgan fingerprint density at radius 2 is 2.29 bits per heavy atom. The van der Waals surface area contributed by atoms with Crippen molar-refractivity contribution in [2.24, 2.45) is 0 Å². The third-order valence-corrected chi connectivity index (χ3v) is 3.12. The summed E-state index contributed by atoms with van der Waals surface area (Å²) < 4.78 is 3.90. The maximum Gasteiger partial charge on any atom is 0.293 e. The third-order valence-electron chi connectivity index (χ3n) is 2.42. The highest BCUT2D eigenvalue weighted by molar-refractivity contribution is 7.09. The van der Waals surface area contributed by atoms with Crippen LogP contribution in [0.1, 0.15) is 0 Å². The van der Waals surface area contributed by atoms with Crippen molar-refractivity contribution in [3.05, 3.63) is 40.7 Å². The zero-order valence-electron chi connectivity index (χ0n) is 8.45. The van der Waals surface area contributed by atoms with Crippen molar-refractivity contribution in [1.82, 2.24) is 14.3 Å². The first-order chi connectivity index (χ1) is 8.25. The van der Waals surface area contributed by atoms with Gasteiger partial charge in [-0.15, -0.1) is 0 Å². The number of nitrogens with one attached hydrogen (secondary N) is 1. The average Bonchev–Trinajstić information content (AvgIpc) is 2.96. The normalized spacial score (nSPS) is 10.8. The number of nitro benzene ring substituents is 1. The van der Waals surface area contributed by atoms with Gasteiger partial charge in [-0.25, -0.2) is 4.98 Å². The second-order valence-corrected chi connectivity index (χ2v) is 4.21. The Bertz CT molecular complexity index is 689. The topological polar surface area (TPSA) is 84.7 Å². The van der Waals surface area contributed by atoms with Gasteiger partial charge >= 0.3 is 0 Å². The maximum atomic E-state index is 10.9. The highest BCUT2D eigenvalue weighted by atomic mass is 32.1. The molecule has 17 heavy (non-hydrogen) atoms. The summed E-state index contributed by atoms with van der Waals surface area (Å²) in [5.41, 5.74) is 1.33. The van der Waals surface area contributed by atoms with Gasteiger partial charge in [0.1, 0.15) is 11.8 Å². The van der Waals surface area contributed by atoms with Crippen LogP contribution in [0.15, 0.2) is 30.6 Å². The predicted octanol–water partition coefficient (Wildman–Crippen LogP) is 2.59. The zero-order valence-corrected chi connectivity index (χ0v) is 9.27. The Hall–Kier alpha value is -2.28. The summed E-state index contributed by atoms with van der Waals surface area (Å²) in [4.78, 5) is 17.5. The molecule has 2 aromatic heterocycles. The average molecular weight is 246 g/mol. The molecule has 3 aromatic rings. The molecule has 0 fully saturated rings. The lowest BCUT2D eigenvalue weighted by molar-refractivity contribution is -0.383. The fourth-order valence-corrected chi connectivity index (χ4v) is 2.20. The van der Waals surface area contributed by atoms with Crippen molar-refractivity contribution in [2.45, 2.75) is 0 Å². The standard InChI is InChI=1S/C10H6N4O2S/c15-14(16)8-3-1-2-6-4-7(13-9(6)8)10-11-5-12-17-10/h1-5,13H. The van der Waals surface area contributed by atoms with E-state index in [0.29, 0.717) is 5.52 Å². The molecule has 0 atom stereocenters. The van der Waals surface area contributed by atoms with Crippen molar-refractivity contribution in [1.29, 1.82) is 0 Å². The first kappa shape index (κ1) is 9.91. The van der Waals surface area contributed by atoms with Crippen LogP contribution in [-0.2, 0) is 0 Å². The molecule has 0 aliphatic heterocycles. The first-order valence-corrected chi connectivity index (χ1v) is 5.56. The molecule has 0 unspecified atom stereocenters. The van der Waals surface area contributed by atoms with Crippen molar-refractivity contribution in [3.8, 4) is 10.7 Å². The van der Waals surface area contributed by atoms with Crippen LogP contribution in [0.25, 0.3) is 21.6 Å². The number of aromatic nitrogens is 3. The smallest absolute Gasteiger partial charge is 0.293 e. The first-order valence-electron chi connectivity index (χ1n) is 4.79. The second-order valence-electron chi connectivity index (χ2n) is 3.43. The summed E-state index contributed by atoms with van der Waals surface area (Å²) in [5, 5.41) is 12.4. The summed E-state index contributed by atoms with van der Waals surface area (Å²) in [6, 6.07) is 6.80. The largest absolute Gasteiger partial charge is 0.347 e. The number of hydrogen-bond donors (Lipinski definition) is 1. The number of aromatic amines is 1. The van der Waals surface area contributed by atoms with E-state index >= 15 is 0 Å². The van der Waals surface area contributed by atoms with Gasteiger partial charge in [0, 0.05) is 11.5 Å². The summed E-state index contributed by atoms with van der Waals surface area (Å²) in [6.45, 7) is 0. The molecule has 84 valence electrons. The van der Waals surface area contributed by atoms with Gasteiger partial charge < -0.3 is 4.98 Å². The molecule has 3 rings (SSSR count). The molecular weight excluding hydrogens is 240 g/mol. The van der Waals surface area contributed by atoms with E-state index in [-0.39, 0.29) is 5.69 Å². The van der Waals surface area contributed by atoms with Gasteiger partial charge in [-0.1, -0.05) is 12.1 Å². The van der Waals surface area contributed by atoms with Gasteiger partial charge in [-0.2, -0.15) is 4.37 Å². The fraction of sp³-hybridized carbons (Fsp3) is 0. The van der Waals surface area contributed by atoms with Crippen molar-refractivity contribution < 1.29 is 4.92 Å². The van der Waals surface area contributed by atoms with Gasteiger partial charge in [0.25, 0.3) is 5.69 Å². The third kappa shape index (κ3) is 1.56. The fourth-order valence-electron chi connectivity index (χ4n) is 1.70. The molecule has 2 heterocycles. The van der Waals surface area contributed by atoms with Crippen LogP contribution in [0.2, 0.25) is 0 Å². The monoisotopic (exact) mass is 246 g/mol. The minimum atomic E-state index is -0.400. The van der Waals surface area contributed by atoms with Crippen molar-refractivity contribution >= 4 is 28.1 Å². The number of rotatable bonds is 2. The maximum absolute atomic E-state index is 10.9. The lowest BCUT2D eigenvalue weighted by atomic mass is 10.2. The summed E-state index contributed by atoms with van der Waals surface area (Å²) >= 11 is 1.24. The van der Waals surface area contributed by atoms with Gasteiger partial charge in [0.15, 0.2) is 5.01 Å². The molecule has 0 bridgehead atoms. The molecular formula is C10H6N4O2S. The lowest BCUT2D eigenvalue weighted by Gasteiger charge is -1.92. The van der Waals surface area contributed by atoms with E-state index in [1.54, 1.807) is 6.07 Å². The van der Waals surface area contributed by atoms with Gasteiger partial charge in [0.05, 0.1) is 10.6 Å². The molecule has 0 spiro atoms. The number of para-hydroxylation sites is 1.